The van der Waals surface area contributed by atoms with E-state index in [9.17, 15) is 9.59 Å². The second kappa shape index (κ2) is 11.5. The first-order valence-electron chi connectivity index (χ1n) is 15.5. The van der Waals surface area contributed by atoms with Crippen LogP contribution in [0.4, 0.5) is 0 Å². The Labute approximate surface area is 227 Å². The van der Waals surface area contributed by atoms with Crippen molar-refractivity contribution in [1.29, 1.82) is 0 Å². The molecule has 4 bridgehead atoms. The van der Waals surface area contributed by atoms with Gasteiger partial charge in [-0.15, -0.1) is 0 Å². The molecule has 2 aromatic rings. The van der Waals surface area contributed by atoms with E-state index in [0.717, 1.165) is 41.8 Å². The van der Waals surface area contributed by atoms with Crippen LogP contribution < -0.4 is 5.56 Å². The van der Waals surface area contributed by atoms with E-state index in [0.29, 0.717) is 43.6 Å². The van der Waals surface area contributed by atoms with Gasteiger partial charge in [0.25, 0.3) is 5.56 Å². The van der Waals surface area contributed by atoms with Gasteiger partial charge < -0.3 is 9.30 Å². The van der Waals surface area contributed by atoms with Gasteiger partial charge in [0.05, 0.1) is 17.6 Å². The van der Waals surface area contributed by atoms with Crippen LogP contribution in [-0.2, 0) is 16.0 Å². The van der Waals surface area contributed by atoms with E-state index in [4.69, 9.17) is 9.72 Å². The standard InChI is InChI=1S/C32H45N3O3/c1-2-38-31(36)16-8-14-29-32(37)35(30-15-6-5-13-28(30)33-29)27-20-24-11-7-12-25(21-27)34(24)26-18-22-9-3-4-10-23(17-22)19-26/h5-6,13,15,22-27H,2-4,7-12,14,16-21H2,1H3/t22?,23?,24-,25?,26?,27?/m1/s1. The van der Waals surface area contributed by atoms with Crippen LogP contribution in [0, 0.1) is 11.8 Å². The molecule has 38 heavy (non-hydrogen) atoms. The van der Waals surface area contributed by atoms with Crippen molar-refractivity contribution in [2.75, 3.05) is 6.61 Å². The van der Waals surface area contributed by atoms with Crippen molar-refractivity contribution >= 4 is 17.0 Å². The third-order valence-corrected chi connectivity index (χ3v) is 10.1. The summed E-state index contributed by atoms with van der Waals surface area (Å²) in [7, 11) is 0. The molecule has 6 heteroatoms. The van der Waals surface area contributed by atoms with Crippen molar-refractivity contribution in [3.8, 4) is 0 Å². The highest BCUT2D eigenvalue weighted by molar-refractivity contribution is 5.75. The highest BCUT2D eigenvalue weighted by Crippen LogP contribution is 2.47. The molecule has 2 aliphatic heterocycles. The van der Waals surface area contributed by atoms with Crippen LogP contribution in [0.15, 0.2) is 29.1 Å². The molecule has 4 unspecified atom stereocenters. The van der Waals surface area contributed by atoms with Gasteiger partial charge in [0, 0.05) is 30.6 Å². The molecule has 0 spiro atoms. The summed E-state index contributed by atoms with van der Waals surface area (Å²) in [6.07, 6.45) is 17.4. The lowest BCUT2D eigenvalue weighted by atomic mass is 9.73. The van der Waals surface area contributed by atoms with Crippen LogP contribution in [-0.4, -0.2) is 45.2 Å². The smallest absolute Gasteiger partial charge is 0.305 e. The zero-order chi connectivity index (χ0) is 26.1. The lowest BCUT2D eigenvalue weighted by Crippen LogP contribution is -2.58. The van der Waals surface area contributed by atoms with Gasteiger partial charge in [-0.2, -0.15) is 0 Å². The molecule has 2 saturated carbocycles. The number of piperidine rings is 2. The molecule has 4 fully saturated rings. The summed E-state index contributed by atoms with van der Waals surface area (Å²) in [5, 5.41) is 0. The molecule has 206 valence electrons. The lowest BCUT2D eigenvalue weighted by Gasteiger charge is -2.54. The molecule has 3 heterocycles. The summed E-state index contributed by atoms with van der Waals surface area (Å²) in [5.74, 6) is 1.67. The van der Waals surface area contributed by atoms with Gasteiger partial charge >= 0.3 is 5.97 Å². The molecular weight excluding hydrogens is 474 g/mol. The molecule has 5 atom stereocenters. The largest absolute Gasteiger partial charge is 0.466 e. The summed E-state index contributed by atoms with van der Waals surface area (Å²) >= 11 is 0. The number of nitrogens with zero attached hydrogens (tertiary/aromatic N) is 3. The Morgan fingerprint density at radius 2 is 1.61 bits per heavy atom. The van der Waals surface area contributed by atoms with Gasteiger partial charge in [0.1, 0.15) is 5.69 Å². The molecule has 0 radical (unpaired) electrons. The first kappa shape index (κ1) is 26.0. The Balaban J connectivity index is 1.25. The number of benzene rings is 1. The second-order valence-corrected chi connectivity index (χ2v) is 12.6. The van der Waals surface area contributed by atoms with Gasteiger partial charge in [0.15, 0.2) is 0 Å². The van der Waals surface area contributed by atoms with E-state index >= 15 is 0 Å². The fourth-order valence-corrected chi connectivity index (χ4v) is 8.67. The number of fused-ring (bicyclic) bond motifs is 5. The summed E-state index contributed by atoms with van der Waals surface area (Å²) in [5.41, 5.74) is 2.50. The average molecular weight is 520 g/mol. The SMILES string of the molecule is CCOC(=O)CCCc1nc2ccccc2n(C2CC3CCC[C@H](C2)N3C2CC3CCCCC(C3)C2)c1=O. The number of aryl methyl sites for hydroxylation is 1. The molecule has 6 nitrogen and oxygen atoms in total. The van der Waals surface area contributed by atoms with Crippen LogP contribution in [0.5, 0.6) is 0 Å². The number of carbonyl (C=O) groups excluding carboxylic acids is 1. The minimum absolute atomic E-state index is 0.0489. The number of ether oxygens (including phenoxy) is 1. The predicted molar refractivity (Wildman–Crippen MR) is 150 cm³/mol. The maximum absolute atomic E-state index is 13.9. The van der Waals surface area contributed by atoms with E-state index in [1.54, 1.807) is 0 Å². The number of esters is 1. The average Bonchev–Trinajstić information content (AvgIpc) is 3.07. The van der Waals surface area contributed by atoms with Crippen LogP contribution in [0.25, 0.3) is 11.0 Å². The van der Waals surface area contributed by atoms with Crippen LogP contribution in [0.2, 0.25) is 0 Å². The number of para-hydroxylation sites is 2. The second-order valence-electron chi connectivity index (χ2n) is 12.6. The molecule has 6 rings (SSSR count). The third-order valence-electron chi connectivity index (χ3n) is 10.1. The maximum atomic E-state index is 13.9. The van der Waals surface area contributed by atoms with E-state index in [1.807, 2.05) is 25.1 Å². The number of aromatic nitrogens is 2. The number of carbonyl (C=O) groups is 1. The quantitative estimate of drug-likeness (QED) is 0.408. The molecule has 2 saturated heterocycles. The summed E-state index contributed by atoms with van der Waals surface area (Å²) in [6.45, 7) is 2.21. The maximum Gasteiger partial charge on any atom is 0.305 e. The van der Waals surface area contributed by atoms with Crippen molar-refractivity contribution < 1.29 is 9.53 Å². The fraction of sp³-hybridized carbons (Fsp3) is 0.719. The number of hydrogen-bond acceptors (Lipinski definition) is 5. The highest BCUT2D eigenvalue weighted by Gasteiger charge is 2.45. The summed E-state index contributed by atoms with van der Waals surface area (Å²) in [6, 6.07) is 10.3. The Hall–Kier alpha value is -2.21. The number of hydrogen-bond donors (Lipinski definition) is 0. The van der Waals surface area contributed by atoms with Crippen LogP contribution >= 0.6 is 0 Å². The molecule has 4 aliphatic rings. The van der Waals surface area contributed by atoms with Crippen molar-refractivity contribution in [2.45, 2.75) is 127 Å². The van der Waals surface area contributed by atoms with E-state index in [2.05, 4.69) is 15.5 Å². The van der Waals surface area contributed by atoms with E-state index in [1.165, 1.54) is 64.2 Å². The normalized spacial score (nSPS) is 31.6. The van der Waals surface area contributed by atoms with Crippen molar-refractivity contribution in [3.05, 3.63) is 40.3 Å². The van der Waals surface area contributed by atoms with E-state index < -0.39 is 0 Å². The molecular formula is C32H45N3O3. The monoisotopic (exact) mass is 519 g/mol. The molecule has 2 aliphatic carbocycles. The highest BCUT2D eigenvalue weighted by atomic mass is 16.5. The van der Waals surface area contributed by atoms with Crippen molar-refractivity contribution in [3.63, 3.8) is 0 Å². The Morgan fingerprint density at radius 1 is 0.895 bits per heavy atom. The number of rotatable bonds is 7. The molecule has 0 amide bonds. The van der Waals surface area contributed by atoms with Gasteiger partial charge in [-0.25, -0.2) is 4.98 Å². The van der Waals surface area contributed by atoms with Gasteiger partial charge in [-0.05, 0) is 88.7 Å². The minimum atomic E-state index is -0.198. The van der Waals surface area contributed by atoms with Gasteiger partial charge in [0.2, 0.25) is 0 Å². The van der Waals surface area contributed by atoms with Crippen LogP contribution in [0.3, 0.4) is 0 Å². The zero-order valence-corrected chi connectivity index (χ0v) is 23.2. The first-order valence-corrected chi connectivity index (χ1v) is 15.5. The topological polar surface area (TPSA) is 64.4 Å². The van der Waals surface area contributed by atoms with Crippen molar-refractivity contribution in [2.24, 2.45) is 11.8 Å². The fourth-order valence-electron chi connectivity index (χ4n) is 8.67. The van der Waals surface area contributed by atoms with Gasteiger partial charge in [-0.1, -0.05) is 44.2 Å². The molecule has 1 aromatic heterocycles. The zero-order valence-electron chi connectivity index (χ0n) is 23.2. The summed E-state index contributed by atoms with van der Waals surface area (Å²) in [4.78, 5) is 33.5. The van der Waals surface area contributed by atoms with E-state index in [-0.39, 0.29) is 17.6 Å². The molecule has 0 N–H and O–H groups in total. The Bertz CT molecular complexity index is 1160. The summed E-state index contributed by atoms with van der Waals surface area (Å²) < 4.78 is 7.19. The minimum Gasteiger partial charge on any atom is -0.466 e. The Morgan fingerprint density at radius 3 is 2.32 bits per heavy atom. The van der Waals surface area contributed by atoms with Gasteiger partial charge in [-0.3, -0.25) is 14.5 Å². The lowest BCUT2D eigenvalue weighted by molar-refractivity contribution is -0.143. The predicted octanol–water partition coefficient (Wildman–Crippen LogP) is 6.20. The third kappa shape index (κ3) is 5.30. The van der Waals surface area contributed by atoms with Crippen LogP contribution in [0.1, 0.15) is 109 Å². The first-order chi connectivity index (χ1) is 18.6. The molecule has 1 aromatic carbocycles. The Kier molecular flexibility index (Phi) is 7.87. The van der Waals surface area contributed by atoms with Crippen molar-refractivity contribution in [1.82, 2.24) is 14.5 Å².